The number of nitrogens with one attached hydrogen (secondary N) is 1. The van der Waals surface area contributed by atoms with Crippen LogP contribution >= 0.6 is 0 Å². The molecule has 6 heteroatoms. The molecule has 0 unspecified atom stereocenters. The van der Waals surface area contributed by atoms with Crippen molar-refractivity contribution < 1.29 is 13.2 Å². The number of sulfonamides is 1. The van der Waals surface area contributed by atoms with E-state index in [1.165, 1.54) is 0 Å². The highest BCUT2D eigenvalue weighted by Crippen LogP contribution is 1.87. The van der Waals surface area contributed by atoms with Crippen LogP contribution in [0.4, 0.5) is 0 Å². The molecule has 0 spiro atoms. The van der Waals surface area contributed by atoms with Crippen LogP contribution in [0.25, 0.3) is 0 Å². The van der Waals surface area contributed by atoms with Crippen molar-refractivity contribution in [2.75, 3.05) is 32.1 Å². The summed E-state index contributed by atoms with van der Waals surface area (Å²) in [5, 5.41) is 0. The van der Waals surface area contributed by atoms with Gasteiger partial charge in [-0.15, -0.1) is 0 Å². The fourth-order valence-corrected chi connectivity index (χ4v) is 1.84. The molecule has 0 radical (unpaired) electrons. The number of ether oxygens (including phenoxy) is 1. The van der Waals surface area contributed by atoms with E-state index >= 15 is 0 Å². The zero-order chi connectivity index (χ0) is 10.2. The van der Waals surface area contributed by atoms with Gasteiger partial charge in [0.1, 0.15) is 0 Å². The number of rotatable bonds is 8. The highest BCUT2D eigenvalue weighted by atomic mass is 32.2. The normalized spacial score (nSPS) is 11.8. The first-order valence-corrected chi connectivity index (χ1v) is 6.02. The molecule has 13 heavy (non-hydrogen) atoms. The molecule has 0 aliphatic heterocycles. The Morgan fingerprint density at radius 3 is 2.69 bits per heavy atom. The third-order valence-corrected chi connectivity index (χ3v) is 2.86. The van der Waals surface area contributed by atoms with Crippen LogP contribution in [0, 0.1) is 0 Å². The monoisotopic (exact) mass is 210 g/mol. The first-order valence-electron chi connectivity index (χ1n) is 4.37. The smallest absolute Gasteiger partial charge is 0.211 e. The first-order chi connectivity index (χ1) is 6.12. The lowest BCUT2D eigenvalue weighted by molar-refractivity contribution is 0.153. The van der Waals surface area contributed by atoms with Gasteiger partial charge in [0.2, 0.25) is 10.0 Å². The van der Waals surface area contributed by atoms with E-state index in [4.69, 9.17) is 10.5 Å². The van der Waals surface area contributed by atoms with Crippen molar-refractivity contribution in [2.24, 2.45) is 5.73 Å². The average Bonchev–Trinajstić information content (AvgIpc) is 2.09. The highest BCUT2D eigenvalue weighted by molar-refractivity contribution is 7.89. The lowest BCUT2D eigenvalue weighted by Gasteiger charge is -2.05. The van der Waals surface area contributed by atoms with Crippen LogP contribution in [-0.2, 0) is 14.8 Å². The predicted octanol–water partition coefficient (Wildman–Crippen LogP) is -0.709. The van der Waals surface area contributed by atoms with E-state index in [9.17, 15) is 8.42 Å². The Labute approximate surface area is 79.7 Å². The second-order valence-corrected chi connectivity index (χ2v) is 4.48. The Kier molecular flexibility index (Phi) is 7.16. The minimum absolute atomic E-state index is 0.0929. The molecule has 0 rings (SSSR count). The predicted molar refractivity (Wildman–Crippen MR) is 52.0 cm³/mol. The summed E-state index contributed by atoms with van der Waals surface area (Å²) in [6, 6.07) is 0. The molecule has 0 heterocycles. The second kappa shape index (κ2) is 7.25. The van der Waals surface area contributed by atoms with Crippen LogP contribution in [-0.4, -0.2) is 40.5 Å². The fraction of sp³-hybridized carbons (Fsp3) is 1.00. The molecule has 0 amide bonds. The molecule has 0 aliphatic rings. The van der Waals surface area contributed by atoms with Gasteiger partial charge in [-0.05, 0) is 19.9 Å². The van der Waals surface area contributed by atoms with Gasteiger partial charge < -0.3 is 10.5 Å². The van der Waals surface area contributed by atoms with Crippen LogP contribution in [0.5, 0.6) is 0 Å². The molecule has 3 N–H and O–H groups in total. The molecule has 80 valence electrons. The van der Waals surface area contributed by atoms with Crippen molar-refractivity contribution in [3.8, 4) is 0 Å². The van der Waals surface area contributed by atoms with Gasteiger partial charge in [-0.1, -0.05) is 0 Å². The third kappa shape index (κ3) is 8.17. The minimum atomic E-state index is -3.13. The average molecular weight is 210 g/mol. The molecule has 5 nitrogen and oxygen atoms in total. The summed E-state index contributed by atoms with van der Waals surface area (Å²) in [7, 11) is -3.13. The molecule has 0 aromatic rings. The van der Waals surface area contributed by atoms with Crippen LogP contribution < -0.4 is 10.5 Å². The lowest BCUT2D eigenvalue weighted by Crippen LogP contribution is -2.30. The third-order valence-electron chi connectivity index (χ3n) is 1.39. The summed E-state index contributed by atoms with van der Waals surface area (Å²) in [4.78, 5) is 0. The van der Waals surface area contributed by atoms with Gasteiger partial charge in [0.15, 0.2) is 0 Å². The topological polar surface area (TPSA) is 81.4 Å². The van der Waals surface area contributed by atoms with Gasteiger partial charge in [0.05, 0.1) is 12.4 Å². The van der Waals surface area contributed by atoms with Crippen LogP contribution in [0.15, 0.2) is 0 Å². The van der Waals surface area contributed by atoms with Gasteiger partial charge in [-0.2, -0.15) is 0 Å². The van der Waals surface area contributed by atoms with Gasteiger partial charge in [-0.3, -0.25) is 0 Å². The number of hydrogen-bond acceptors (Lipinski definition) is 4. The van der Waals surface area contributed by atoms with Gasteiger partial charge >= 0.3 is 0 Å². The Balaban J connectivity index is 3.52. The maximum atomic E-state index is 11.1. The summed E-state index contributed by atoms with van der Waals surface area (Å²) in [5.41, 5.74) is 5.20. The molecule has 0 fully saturated rings. The van der Waals surface area contributed by atoms with Gasteiger partial charge in [0.25, 0.3) is 0 Å². The molecular formula is C7H18N2O3S. The number of nitrogens with two attached hydrogens (primary N) is 1. The Hall–Kier alpha value is -0.170. The van der Waals surface area contributed by atoms with Crippen molar-refractivity contribution in [3.05, 3.63) is 0 Å². The van der Waals surface area contributed by atoms with Gasteiger partial charge in [-0.25, -0.2) is 13.1 Å². The SMILES string of the molecule is CCOCCNS(=O)(=O)CCCN. The Bertz CT molecular complexity index is 204. The largest absolute Gasteiger partial charge is 0.380 e. The molecule has 0 saturated carbocycles. The quantitative estimate of drug-likeness (QED) is 0.519. The summed E-state index contributed by atoms with van der Waals surface area (Å²) in [6.07, 6.45) is 0.490. The Morgan fingerprint density at radius 2 is 2.15 bits per heavy atom. The van der Waals surface area contributed by atoms with E-state index in [1.807, 2.05) is 6.92 Å². The van der Waals surface area contributed by atoms with Crippen molar-refractivity contribution in [2.45, 2.75) is 13.3 Å². The molecule has 0 saturated heterocycles. The van der Waals surface area contributed by atoms with E-state index in [1.54, 1.807) is 0 Å². The summed E-state index contributed by atoms with van der Waals surface area (Å²) in [5.74, 6) is 0.0929. The molecule has 0 bridgehead atoms. The van der Waals surface area contributed by atoms with Crippen LogP contribution in [0.1, 0.15) is 13.3 Å². The van der Waals surface area contributed by atoms with Crippen LogP contribution in [0.2, 0.25) is 0 Å². The summed E-state index contributed by atoms with van der Waals surface area (Å²) in [6.45, 7) is 3.61. The fourth-order valence-electron chi connectivity index (χ4n) is 0.759. The number of hydrogen-bond donors (Lipinski definition) is 2. The molecule has 0 aromatic heterocycles. The van der Waals surface area contributed by atoms with E-state index in [0.29, 0.717) is 32.7 Å². The van der Waals surface area contributed by atoms with Crippen molar-refractivity contribution >= 4 is 10.0 Å². The van der Waals surface area contributed by atoms with E-state index in [-0.39, 0.29) is 5.75 Å². The van der Waals surface area contributed by atoms with Crippen molar-refractivity contribution in [1.29, 1.82) is 0 Å². The Morgan fingerprint density at radius 1 is 1.46 bits per heavy atom. The summed E-state index contributed by atoms with van der Waals surface area (Å²) < 4.78 is 29.7. The van der Waals surface area contributed by atoms with Crippen LogP contribution in [0.3, 0.4) is 0 Å². The van der Waals surface area contributed by atoms with E-state index in [2.05, 4.69) is 4.72 Å². The van der Waals surface area contributed by atoms with E-state index < -0.39 is 10.0 Å². The summed E-state index contributed by atoms with van der Waals surface area (Å²) >= 11 is 0. The van der Waals surface area contributed by atoms with Gasteiger partial charge in [0, 0.05) is 13.2 Å². The van der Waals surface area contributed by atoms with E-state index in [0.717, 1.165) is 0 Å². The maximum Gasteiger partial charge on any atom is 0.211 e. The highest BCUT2D eigenvalue weighted by Gasteiger charge is 2.07. The minimum Gasteiger partial charge on any atom is -0.380 e. The van der Waals surface area contributed by atoms with Crippen molar-refractivity contribution in [1.82, 2.24) is 4.72 Å². The molecular weight excluding hydrogens is 192 g/mol. The van der Waals surface area contributed by atoms with Crippen molar-refractivity contribution in [3.63, 3.8) is 0 Å². The standard InChI is InChI=1S/C7H18N2O3S/c1-2-12-6-5-9-13(10,11)7-3-4-8/h9H,2-8H2,1H3. The second-order valence-electron chi connectivity index (χ2n) is 2.55. The molecule has 0 aliphatic carbocycles. The molecule has 0 atom stereocenters. The zero-order valence-electron chi connectivity index (χ0n) is 7.95. The zero-order valence-corrected chi connectivity index (χ0v) is 8.77. The lowest BCUT2D eigenvalue weighted by atomic mass is 10.5. The molecule has 0 aromatic carbocycles. The first kappa shape index (κ1) is 12.8. The maximum absolute atomic E-state index is 11.1.